The third kappa shape index (κ3) is 3.84. The molecule has 0 saturated carbocycles. The van der Waals surface area contributed by atoms with Crippen LogP contribution in [0, 0.1) is 6.92 Å². The first-order chi connectivity index (χ1) is 14.5. The number of anilines is 2. The summed E-state index contributed by atoms with van der Waals surface area (Å²) in [5.41, 5.74) is 7.31. The average Bonchev–Trinajstić information content (AvgIpc) is 3.23. The van der Waals surface area contributed by atoms with Gasteiger partial charge in [0.2, 0.25) is 5.95 Å². The van der Waals surface area contributed by atoms with Crippen LogP contribution in [0.5, 0.6) is 11.5 Å². The minimum atomic E-state index is 0.0315. The number of fused-ring (bicyclic) bond motifs is 1. The highest BCUT2D eigenvalue weighted by Gasteiger charge is 2.16. The Hall–Kier alpha value is -3.46. The van der Waals surface area contributed by atoms with Gasteiger partial charge in [-0.25, -0.2) is 19.9 Å². The molecule has 3 heterocycles. The first-order valence-corrected chi connectivity index (χ1v) is 10.1. The number of nitrogens with one attached hydrogen (secondary N) is 1. The Morgan fingerprint density at radius 1 is 1.03 bits per heavy atom. The molecule has 154 valence electrons. The van der Waals surface area contributed by atoms with E-state index < -0.39 is 0 Å². The summed E-state index contributed by atoms with van der Waals surface area (Å²) in [5, 5.41) is 4.39. The maximum Gasteiger partial charge on any atom is 0.219 e. The molecule has 30 heavy (non-hydrogen) atoms. The van der Waals surface area contributed by atoms with E-state index in [2.05, 4.69) is 44.3 Å². The lowest BCUT2D eigenvalue weighted by atomic mass is 10.2. The van der Waals surface area contributed by atoms with Gasteiger partial charge in [0, 0.05) is 39.2 Å². The number of ether oxygens (including phenoxy) is 2. The second-order valence-corrected chi connectivity index (χ2v) is 7.86. The van der Waals surface area contributed by atoms with Gasteiger partial charge >= 0.3 is 0 Å². The third-order valence-corrected chi connectivity index (χ3v) is 5.99. The summed E-state index contributed by atoms with van der Waals surface area (Å²) in [6.07, 6.45) is 3.47. The fourth-order valence-corrected chi connectivity index (χ4v) is 4.15. The molecule has 0 saturated heterocycles. The molecule has 4 aromatic rings. The molecule has 0 amide bonds. The van der Waals surface area contributed by atoms with Crippen LogP contribution in [0.15, 0.2) is 36.7 Å². The fraction of sp³-hybridized carbons (Fsp3) is 0.238. The smallest absolute Gasteiger partial charge is 0.219 e. The molecular formula is C21H22N6O2S. The van der Waals surface area contributed by atoms with Gasteiger partial charge in [0.25, 0.3) is 0 Å². The number of rotatable bonds is 6. The summed E-state index contributed by atoms with van der Waals surface area (Å²) < 4.78 is 10.9. The molecule has 8 nitrogen and oxygen atoms in total. The molecule has 9 heteroatoms. The van der Waals surface area contributed by atoms with Crippen LogP contribution in [0.2, 0.25) is 0 Å². The topological polar surface area (TPSA) is 108 Å². The number of nitrogens with zero attached hydrogens (tertiary/aromatic N) is 4. The van der Waals surface area contributed by atoms with E-state index >= 15 is 0 Å². The minimum absolute atomic E-state index is 0.0315. The van der Waals surface area contributed by atoms with E-state index in [1.54, 1.807) is 38.0 Å². The van der Waals surface area contributed by atoms with Gasteiger partial charge in [-0.1, -0.05) is 0 Å². The molecular weight excluding hydrogens is 400 g/mol. The van der Waals surface area contributed by atoms with Gasteiger partial charge in [0.1, 0.15) is 11.6 Å². The predicted octanol–water partition coefficient (Wildman–Crippen LogP) is 4.23. The van der Waals surface area contributed by atoms with Crippen molar-refractivity contribution in [2.75, 3.05) is 25.3 Å². The van der Waals surface area contributed by atoms with E-state index in [1.807, 2.05) is 19.1 Å². The number of hydrogen-bond acceptors (Lipinski definition) is 9. The summed E-state index contributed by atoms with van der Waals surface area (Å²) in [6.45, 7) is 3.97. The summed E-state index contributed by atoms with van der Waals surface area (Å²) in [6, 6.07) is 7.94. The number of thiophene rings is 1. The number of aryl methyl sites for hydroxylation is 1. The number of nitrogens with two attached hydrogens (primary N) is 1. The summed E-state index contributed by atoms with van der Waals surface area (Å²) >= 11 is 1.67. The molecule has 0 aliphatic carbocycles. The van der Waals surface area contributed by atoms with Crippen molar-refractivity contribution in [3.63, 3.8) is 0 Å². The quantitative estimate of drug-likeness (QED) is 0.475. The zero-order chi connectivity index (χ0) is 21.3. The second-order valence-electron chi connectivity index (χ2n) is 6.74. The van der Waals surface area contributed by atoms with Crippen molar-refractivity contribution in [2.24, 2.45) is 0 Å². The van der Waals surface area contributed by atoms with Crippen LogP contribution in [0.25, 0.3) is 21.3 Å². The van der Waals surface area contributed by atoms with Gasteiger partial charge in [-0.3, -0.25) is 0 Å². The van der Waals surface area contributed by atoms with Crippen molar-refractivity contribution in [1.29, 1.82) is 0 Å². The molecule has 1 atom stereocenters. The van der Waals surface area contributed by atoms with Gasteiger partial charge in [0.15, 0.2) is 11.5 Å². The van der Waals surface area contributed by atoms with Crippen molar-refractivity contribution in [2.45, 2.75) is 19.9 Å². The number of aromatic nitrogens is 4. The molecule has 3 N–H and O–H groups in total. The number of benzene rings is 1. The number of methoxy groups -OCH3 is 2. The molecule has 0 radical (unpaired) electrons. The molecule has 0 aliphatic heterocycles. The maximum atomic E-state index is 5.58. The Balaban J connectivity index is 1.66. The van der Waals surface area contributed by atoms with E-state index in [1.165, 1.54) is 0 Å². The van der Waals surface area contributed by atoms with E-state index in [4.69, 9.17) is 15.2 Å². The molecule has 1 unspecified atom stereocenters. The first-order valence-electron chi connectivity index (χ1n) is 9.33. The van der Waals surface area contributed by atoms with Crippen molar-refractivity contribution in [3.05, 3.63) is 47.4 Å². The highest BCUT2D eigenvalue weighted by atomic mass is 32.1. The molecule has 0 bridgehead atoms. The minimum Gasteiger partial charge on any atom is -0.493 e. The van der Waals surface area contributed by atoms with Crippen molar-refractivity contribution in [1.82, 2.24) is 19.9 Å². The summed E-state index contributed by atoms with van der Waals surface area (Å²) in [7, 11) is 3.22. The van der Waals surface area contributed by atoms with E-state index in [9.17, 15) is 0 Å². The van der Waals surface area contributed by atoms with Gasteiger partial charge in [0.05, 0.1) is 25.8 Å². The lowest BCUT2D eigenvalue weighted by molar-refractivity contribution is 0.356. The first kappa shape index (κ1) is 19.8. The van der Waals surface area contributed by atoms with Crippen LogP contribution in [0.3, 0.4) is 0 Å². The second kappa shape index (κ2) is 8.11. The van der Waals surface area contributed by atoms with E-state index in [0.717, 1.165) is 32.0 Å². The van der Waals surface area contributed by atoms with Crippen molar-refractivity contribution in [3.8, 4) is 21.9 Å². The lowest BCUT2D eigenvalue weighted by Crippen LogP contribution is -2.08. The molecule has 1 aromatic carbocycles. The molecule has 0 aliphatic rings. The molecule has 0 spiro atoms. The van der Waals surface area contributed by atoms with Crippen LogP contribution in [0.4, 0.5) is 11.8 Å². The molecule has 3 aromatic heterocycles. The van der Waals surface area contributed by atoms with Crippen molar-refractivity contribution < 1.29 is 9.47 Å². The van der Waals surface area contributed by atoms with Crippen LogP contribution in [-0.2, 0) is 0 Å². The van der Waals surface area contributed by atoms with Crippen LogP contribution < -0.4 is 20.5 Å². The van der Waals surface area contributed by atoms with Gasteiger partial charge in [-0.15, -0.1) is 11.3 Å². The Morgan fingerprint density at radius 3 is 2.43 bits per heavy atom. The van der Waals surface area contributed by atoms with Gasteiger partial charge in [-0.2, -0.15) is 0 Å². The Labute approximate surface area is 178 Å². The number of nitrogen functional groups attached to an aromatic ring is 1. The third-order valence-electron chi connectivity index (χ3n) is 4.68. The van der Waals surface area contributed by atoms with Gasteiger partial charge < -0.3 is 20.5 Å². The summed E-state index contributed by atoms with van der Waals surface area (Å²) in [5.74, 6) is 2.96. The van der Waals surface area contributed by atoms with E-state index in [0.29, 0.717) is 17.3 Å². The average molecular weight is 423 g/mol. The maximum absolute atomic E-state index is 5.58. The highest BCUT2D eigenvalue weighted by molar-refractivity contribution is 7.15. The van der Waals surface area contributed by atoms with E-state index in [-0.39, 0.29) is 12.0 Å². The van der Waals surface area contributed by atoms with Crippen LogP contribution >= 0.6 is 11.3 Å². The van der Waals surface area contributed by atoms with Crippen LogP contribution in [-0.4, -0.2) is 34.2 Å². The normalized spacial score (nSPS) is 12.0. The number of hydrogen-bond donors (Lipinski definition) is 2. The zero-order valence-corrected chi connectivity index (χ0v) is 17.9. The summed E-state index contributed by atoms with van der Waals surface area (Å²) in [4.78, 5) is 19.5. The SMILES string of the molecule is COc1cc2nc(C)nc(NC(C)c3ccc(-c4cnc(N)nc4)s3)c2cc1OC. The highest BCUT2D eigenvalue weighted by Crippen LogP contribution is 2.36. The molecule has 0 fully saturated rings. The van der Waals surface area contributed by atoms with Crippen LogP contribution in [0.1, 0.15) is 23.7 Å². The predicted molar refractivity (Wildman–Crippen MR) is 119 cm³/mol. The largest absolute Gasteiger partial charge is 0.493 e. The van der Waals surface area contributed by atoms with Gasteiger partial charge in [-0.05, 0) is 32.0 Å². The monoisotopic (exact) mass is 422 g/mol. The Morgan fingerprint density at radius 2 is 1.73 bits per heavy atom. The Kier molecular flexibility index (Phi) is 5.37. The fourth-order valence-electron chi connectivity index (χ4n) is 3.16. The zero-order valence-electron chi connectivity index (χ0n) is 17.1. The standard InChI is InChI=1S/C21H22N6O2S/c1-11(18-5-6-19(30-18)13-9-23-21(22)24-10-13)25-20-14-7-16(28-3)17(29-4)8-15(14)26-12(2)27-20/h5-11H,1-4H3,(H2,22,23,24)(H,25,26,27). The Bertz CT molecular complexity index is 1190. The lowest BCUT2D eigenvalue weighted by Gasteiger charge is -2.16. The van der Waals surface area contributed by atoms with Crippen molar-refractivity contribution >= 4 is 34.0 Å². The molecule has 4 rings (SSSR count).